The molecule has 1 aliphatic carbocycles. The highest BCUT2D eigenvalue weighted by Gasteiger charge is 2.51. The number of nitrogens with one attached hydrogen (secondary N) is 4. The van der Waals surface area contributed by atoms with Gasteiger partial charge in [0.1, 0.15) is 35.8 Å². The van der Waals surface area contributed by atoms with E-state index in [2.05, 4.69) is 21.3 Å². The third-order valence-corrected chi connectivity index (χ3v) is 7.65. The fourth-order valence-corrected chi connectivity index (χ4v) is 5.48. The molecule has 3 heterocycles. The van der Waals surface area contributed by atoms with Crippen LogP contribution in [-0.4, -0.2) is 128 Å². The van der Waals surface area contributed by atoms with Gasteiger partial charge in [-0.05, 0) is 32.9 Å². The van der Waals surface area contributed by atoms with Gasteiger partial charge in [0.05, 0.1) is 31.3 Å². The number of ether oxygens (including phenoxy) is 4. The van der Waals surface area contributed by atoms with Crippen molar-refractivity contribution >= 4 is 6.41 Å². The van der Waals surface area contributed by atoms with Gasteiger partial charge < -0.3 is 67.0 Å². The lowest BCUT2D eigenvalue weighted by atomic mass is 9.83. The summed E-state index contributed by atoms with van der Waals surface area (Å²) in [5.74, 6) is 0.589. The third kappa shape index (κ3) is 6.25. The summed E-state index contributed by atoms with van der Waals surface area (Å²) in [4.78, 5) is 11.3. The fraction of sp³-hybridized carbons (Fsp3) is 0.870. The summed E-state index contributed by atoms with van der Waals surface area (Å²) in [6, 6.07) is -1.98. The topological polar surface area (TPSA) is 215 Å². The smallest absolute Gasteiger partial charge is 0.215 e. The summed E-state index contributed by atoms with van der Waals surface area (Å²) in [6.45, 7) is 3.31. The summed E-state index contributed by atoms with van der Waals surface area (Å²) in [6.07, 6.45) is -3.12. The number of hydrogen-bond acceptors (Lipinski definition) is 13. The summed E-state index contributed by atoms with van der Waals surface area (Å²) >= 11 is 0. The van der Waals surface area contributed by atoms with E-state index < -0.39 is 60.7 Å². The third-order valence-electron chi connectivity index (χ3n) is 7.65. The Morgan fingerprint density at radius 3 is 2.57 bits per heavy atom. The molecule has 11 unspecified atom stereocenters. The molecule has 14 heteroatoms. The second-order valence-corrected chi connectivity index (χ2v) is 10.5. The van der Waals surface area contributed by atoms with Gasteiger partial charge in [-0.2, -0.15) is 0 Å². The van der Waals surface area contributed by atoms with Crippen LogP contribution in [0.2, 0.25) is 0 Å². The van der Waals surface area contributed by atoms with Gasteiger partial charge in [0.2, 0.25) is 12.7 Å². The molecule has 0 spiro atoms. The van der Waals surface area contributed by atoms with E-state index in [0.717, 1.165) is 13.1 Å². The summed E-state index contributed by atoms with van der Waals surface area (Å²) in [5, 5.41) is 45.0. The second-order valence-electron chi connectivity index (χ2n) is 10.5. The van der Waals surface area contributed by atoms with E-state index in [0.29, 0.717) is 18.6 Å². The van der Waals surface area contributed by atoms with E-state index in [4.69, 9.17) is 30.4 Å². The van der Waals surface area contributed by atoms with Crippen LogP contribution in [0, 0.1) is 0 Å². The monoisotopic (exact) mass is 530 g/mol. The standard InChI is InChI=1S/C23H42N6O8/c1-23(33)9-34-22(17(32)20(23)26-2)37-19-15(28-10-30)5-13(25)18(16(19)31)36-21-14(29-11-7-27-8-11)4-3-12(6-24)35-21/h3,10-11,13-22,26-27,29,31-33H,4-9,24-25H2,1-2H3,(H,28,30). The van der Waals surface area contributed by atoms with E-state index in [1.165, 1.54) is 0 Å². The Kier molecular flexibility index (Phi) is 9.40. The first kappa shape index (κ1) is 28.6. The van der Waals surface area contributed by atoms with E-state index in [1.807, 2.05) is 6.08 Å². The first-order valence-electron chi connectivity index (χ1n) is 12.8. The van der Waals surface area contributed by atoms with Gasteiger partial charge in [-0.1, -0.05) is 0 Å². The number of hydrogen-bond donors (Lipinski definition) is 9. The van der Waals surface area contributed by atoms with Crippen molar-refractivity contribution in [1.29, 1.82) is 0 Å². The van der Waals surface area contributed by atoms with Crippen molar-refractivity contribution in [3.8, 4) is 0 Å². The average molecular weight is 531 g/mol. The summed E-state index contributed by atoms with van der Waals surface area (Å²) in [5.41, 5.74) is 10.9. The molecule has 0 aromatic rings. The molecule has 3 fully saturated rings. The van der Waals surface area contributed by atoms with Gasteiger partial charge >= 0.3 is 0 Å². The SMILES string of the molecule is CNC1C(O)C(OC2C(NC=O)CC(N)C(OC3OC(CN)=CCC3NC3CNC3)C2O)OCC1(C)O. The average Bonchev–Trinajstić information content (AvgIpc) is 2.83. The Morgan fingerprint density at radius 2 is 1.95 bits per heavy atom. The number of aliphatic hydroxyl groups excluding tert-OH is 2. The van der Waals surface area contributed by atoms with Crippen LogP contribution in [-0.2, 0) is 23.7 Å². The predicted octanol–water partition coefficient (Wildman–Crippen LogP) is -4.46. The minimum absolute atomic E-state index is 0.109. The van der Waals surface area contributed by atoms with Crippen LogP contribution < -0.4 is 32.7 Å². The number of likely N-dealkylation sites (N-methyl/N-ethyl adjacent to an activating group) is 1. The molecule has 11 atom stereocenters. The molecule has 4 aliphatic rings. The van der Waals surface area contributed by atoms with Gasteiger partial charge in [-0.3, -0.25) is 4.79 Å². The predicted molar refractivity (Wildman–Crippen MR) is 131 cm³/mol. The molecule has 212 valence electrons. The number of amides is 1. The molecular formula is C23H42N6O8. The molecule has 0 aromatic carbocycles. The van der Waals surface area contributed by atoms with Crippen LogP contribution >= 0.6 is 0 Å². The fourth-order valence-electron chi connectivity index (χ4n) is 5.48. The van der Waals surface area contributed by atoms with Crippen LogP contribution in [0.15, 0.2) is 11.8 Å². The lowest BCUT2D eigenvalue weighted by molar-refractivity contribution is -0.304. The lowest BCUT2D eigenvalue weighted by Crippen LogP contribution is -2.69. The number of carbonyl (C=O) groups is 1. The quantitative estimate of drug-likeness (QED) is 0.122. The highest BCUT2D eigenvalue weighted by Crippen LogP contribution is 2.32. The zero-order chi connectivity index (χ0) is 26.7. The number of carbonyl (C=O) groups excluding carboxylic acids is 1. The summed E-state index contributed by atoms with van der Waals surface area (Å²) < 4.78 is 23.9. The van der Waals surface area contributed by atoms with E-state index in [9.17, 15) is 20.1 Å². The van der Waals surface area contributed by atoms with Gasteiger partial charge in [0.15, 0.2) is 6.29 Å². The maximum atomic E-state index is 11.4. The van der Waals surface area contributed by atoms with Gasteiger partial charge in [0, 0.05) is 25.2 Å². The zero-order valence-electron chi connectivity index (χ0n) is 21.3. The molecule has 0 bridgehead atoms. The maximum absolute atomic E-state index is 11.4. The van der Waals surface area contributed by atoms with Crippen LogP contribution in [0.4, 0.5) is 0 Å². The summed E-state index contributed by atoms with van der Waals surface area (Å²) in [7, 11) is 1.61. The number of rotatable bonds is 10. The van der Waals surface area contributed by atoms with Gasteiger partial charge in [-0.15, -0.1) is 0 Å². The first-order chi connectivity index (χ1) is 17.7. The largest absolute Gasteiger partial charge is 0.467 e. The molecule has 1 amide bonds. The first-order valence-corrected chi connectivity index (χ1v) is 12.8. The molecule has 11 N–H and O–H groups in total. The Labute approximate surface area is 216 Å². The Hall–Kier alpha value is -1.43. The van der Waals surface area contributed by atoms with Crippen molar-refractivity contribution in [2.45, 2.75) is 92.6 Å². The van der Waals surface area contributed by atoms with Crippen molar-refractivity contribution in [3.05, 3.63) is 11.8 Å². The normalized spacial score (nSPS) is 44.9. The minimum Gasteiger partial charge on any atom is -0.467 e. The lowest BCUT2D eigenvalue weighted by Gasteiger charge is -2.49. The van der Waals surface area contributed by atoms with Crippen LogP contribution in [0.1, 0.15) is 19.8 Å². The van der Waals surface area contributed by atoms with E-state index in [-0.39, 0.29) is 31.7 Å². The van der Waals surface area contributed by atoms with Gasteiger partial charge in [-0.25, -0.2) is 0 Å². The molecule has 14 nitrogen and oxygen atoms in total. The highest BCUT2D eigenvalue weighted by molar-refractivity contribution is 5.47. The van der Waals surface area contributed by atoms with Crippen LogP contribution in [0.25, 0.3) is 0 Å². The van der Waals surface area contributed by atoms with Crippen molar-refractivity contribution in [1.82, 2.24) is 21.3 Å². The van der Waals surface area contributed by atoms with Gasteiger partial charge in [0.25, 0.3) is 0 Å². The maximum Gasteiger partial charge on any atom is 0.215 e. The molecular weight excluding hydrogens is 488 g/mol. The number of nitrogens with two attached hydrogens (primary N) is 2. The van der Waals surface area contributed by atoms with E-state index >= 15 is 0 Å². The van der Waals surface area contributed by atoms with Crippen LogP contribution in [0.3, 0.4) is 0 Å². The Bertz CT molecular complexity index is 801. The van der Waals surface area contributed by atoms with E-state index in [1.54, 1.807) is 14.0 Å². The minimum atomic E-state index is -1.34. The van der Waals surface area contributed by atoms with Crippen molar-refractivity contribution in [2.75, 3.05) is 33.3 Å². The number of aliphatic hydroxyl groups is 3. The van der Waals surface area contributed by atoms with Crippen LogP contribution in [0.5, 0.6) is 0 Å². The Balaban J connectivity index is 1.49. The van der Waals surface area contributed by atoms with Crippen molar-refractivity contribution in [3.63, 3.8) is 0 Å². The molecule has 1 saturated carbocycles. The molecule has 4 rings (SSSR count). The van der Waals surface area contributed by atoms with Crippen molar-refractivity contribution in [2.24, 2.45) is 11.5 Å². The zero-order valence-corrected chi connectivity index (χ0v) is 21.3. The molecule has 0 radical (unpaired) electrons. The van der Waals surface area contributed by atoms with Crippen molar-refractivity contribution < 1.29 is 39.1 Å². The molecule has 37 heavy (non-hydrogen) atoms. The second kappa shape index (κ2) is 12.2. The molecule has 3 aliphatic heterocycles. The Morgan fingerprint density at radius 1 is 1.22 bits per heavy atom. The molecule has 2 saturated heterocycles. The highest BCUT2D eigenvalue weighted by atomic mass is 16.7. The molecule has 0 aromatic heterocycles.